The van der Waals surface area contributed by atoms with Crippen LogP contribution in [0.25, 0.3) is 11.2 Å². The number of fused-ring (bicyclic) bond motifs is 2. The van der Waals surface area contributed by atoms with Crippen molar-refractivity contribution in [3.63, 3.8) is 0 Å². The van der Waals surface area contributed by atoms with Crippen molar-refractivity contribution in [2.45, 2.75) is 33.7 Å². The van der Waals surface area contributed by atoms with Gasteiger partial charge in [0, 0.05) is 19.5 Å². The summed E-state index contributed by atoms with van der Waals surface area (Å²) in [6.07, 6.45) is 2.18. The highest BCUT2D eigenvalue weighted by Crippen LogP contribution is 2.33. The predicted octanol–water partition coefficient (Wildman–Crippen LogP) is 2.32. The summed E-state index contributed by atoms with van der Waals surface area (Å²) in [5.74, 6) is 2.85. The van der Waals surface area contributed by atoms with Crippen molar-refractivity contribution in [2.75, 3.05) is 30.9 Å². The second-order valence-electron chi connectivity index (χ2n) is 7.63. The van der Waals surface area contributed by atoms with Crippen LogP contribution in [0, 0.1) is 12.8 Å². The molecule has 0 unspecified atom stereocenters. The van der Waals surface area contributed by atoms with Gasteiger partial charge in [0.1, 0.15) is 17.9 Å². The van der Waals surface area contributed by atoms with E-state index in [2.05, 4.69) is 58.1 Å². The lowest BCUT2D eigenvalue weighted by molar-refractivity contribution is 0.372. The molecule has 8 heteroatoms. The maximum Gasteiger partial charge on any atom is 0.165 e. The zero-order valence-electron chi connectivity index (χ0n) is 16.6. The fraction of sp³-hybridized carbons (Fsp3) is 0.450. The van der Waals surface area contributed by atoms with Crippen molar-refractivity contribution in [2.24, 2.45) is 5.92 Å². The number of hydrogen-bond acceptors (Lipinski definition) is 7. The number of nitrogens with one attached hydrogen (secondary N) is 2. The van der Waals surface area contributed by atoms with E-state index in [1.807, 2.05) is 0 Å². The fourth-order valence-corrected chi connectivity index (χ4v) is 3.49. The third-order valence-corrected chi connectivity index (χ3v) is 4.98. The van der Waals surface area contributed by atoms with Crippen LogP contribution in [0.3, 0.4) is 0 Å². The molecule has 0 radical (unpaired) electrons. The Morgan fingerprint density at radius 3 is 3.00 bits per heavy atom. The van der Waals surface area contributed by atoms with Crippen molar-refractivity contribution < 1.29 is 4.74 Å². The van der Waals surface area contributed by atoms with Gasteiger partial charge in [0.15, 0.2) is 23.7 Å². The summed E-state index contributed by atoms with van der Waals surface area (Å²) in [5.41, 5.74) is 10.9. The minimum atomic E-state index is 0.415. The van der Waals surface area contributed by atoms with Gasteiger partial charge in [0.25, 0.3) is 0 Å². The van der Waals surface area contributed by atoms with E-state index in [9.17, 15) is 0 Å². The van der Waals surface area contributed by atoms with Crippen molar-refractivity contribution in [1.82, 2.24) is 24.8 Å². The number of nitrogen functional groups attached to an aromatic ring is 1. The Bertz CT molecular complexity index is 996. The number of nitrogens with zero attached hydrogens (tertiary/aromatic N) is 4. The molecule has 1 aliphatic rings. The van der Waals surface area contributed by atoms with Gasteiger partial charge in [-0.25, -0.2) is 15.0 Å². The number of benzene rings is 1. The number of nitrogens with two attached hydrogens (primary N) is 1. The first-order chi connectivity index (χ1) is 13.5. The SMILES string of the molecule is Cc1cc2c(cc1Cc1nc3c(N)ncnc3n1CCNCC(C)C)OCN2. The Hall–Kier alpha value is -2.87. The van der Waals surface area contributed by atoms with Crippen molar-refractivity contribution >= 4 is 22.7 Å². The molecule has 8 nitrogen and oxygen atoms in total. The standard InChI is InChI=1S/C20H27N7O/c1-12(2)9-22-4-5-27-17(26-18-19(21)23-10-24-20(18)27)8-14-7-16-15(6-13(14)3)25-11-28-16/h6-7,10,12,22,25H,4-5,8-9,11H2,1-3H3,(H2,21,23,24). The molecule has 0 fully saturated rings. The smallest absolute Gasteiger partial charge is 0.165 e. The fourth-order valence-electron chi connectivity index (χ4n) is 3.49. The van der Waals surface area contributed by atoms with Crippen LogP contribution < -0.4 is 21.1 Å². The summed E-state index contributed by atoms with van der Waals surface area (Å²) >= 11 is 0. The van der Waals surface area contributed by atoms with Crippen LogP contribution in [0.2, 0.25) is 0 Å². The van der Waals surface area contributed by atoms with E-state index < -0.39 is 0 Å². The minimum Gasteiger partial charge on any atom is -0.471 e. The van der Waals surface area contributed by atoms with Gasteiger partial charge < -0.3 is 25.7 Å². The molecule has 0 saturated heterocycles. The topological polar surface area (TPSA) is 103 Å². The molecular weight excluding hydrogens is 354 g/mol. The Morgan fingerprint density at radius 2 is 2.18 bits per heavy atom. The Kier molecular flexibility index (Phi) is 5.04. The number of aryl methyl sites for hydroxylation is 1. The van der Waals surface area contributed by atoms with E-state index in [4.69, 9.17) is 15.5 Å². The minimum absolute atomic E-state index is 0.415. The molecule has 1 aromatic carbocycles. The van der Waals surface area contributed by atoms with E-state index in [1.165, 1.54) is 17.5 Å². The first-order valence-electron chi connectivity index (χ1n) is 9.69. The van der Waals surface area contributed by atoms with Crippen molar-refractivity contribution in [3.8, 4) is 5.75 Å². The van der Waals surface area contributed by atoms with Crippen molar-refractivity contribution in [1.29, 1.82) is 0 Å². The van der Waals surface area contributed by atoms with Crippen LogP contribution in [-0.2, 0) is 13.0 Å². The van der Waals surface area contributed by atoms with Gasteiger partial charge in [-0.2, -0.15) is 0 Å². The lowest BCUT2D eigenvalue weighted by Crippen LogP contribution is -2.24. The van der Waals surface area contributed by atoms with Crippen LogP contribution in [-0.4, -0.2) is 39.3 Å². The molecule has 2 aromatic heterocycles. The van der Waals surface area contributed by atoms with Gasteiger partial charge in [-0.3, -0.25) is 0 Å². The lowest BCUT2D eigenvalue weighted by atomic mass is 10.0. The maximum atomic E-state index is 6.06. The normalized spacial score (nSPS) is 13.0. The van der Waals surface area contributed by atoms with E-state index in [-0.39, 0.29) is 0 Å². The Labute approximate surface area is 164 Å². The molecule has 0 saturated carbocycles. The molecule has 0 spiro atoms. The second kappa shape index (κ2) is 7.63. The first kappa shape index (κ1) is 18.5. The molecule has 0 amide bonds. The zero-order chi connectivity index (χ0) is 19.7. The van der Waals surface area contributed by atoms with Crippen LogP contribution in [0.4, 0.5) is 11.5 Å². The first-order valence-corrected chi connectivity index (χ1v) is 9.69. The highest BCUT2D eigenvalue weighted by molar-refractivity contribution is 5.82. The molecule has 0 bridgehead atoms. The molecule has 4 rings (SSSR count). The number of ether oxygens (including phenoxy) is 1. The van der Waals surface area contributed by atoms with E-state index >= 15 is 0 Å². The summed E-state index contributed by atoms with van der Waals surface area (Å²) in [7, 11) is 0. The quantitative estimate of drug-likeness (QED) is 0.540. The molecule has 0 atom stereocenters. The van der Waals surface area contributed by atoms with Crippen molar-refractivity contribution in [3.05, 3.63) is 35.4 Å². The number of hydrogen-bond donors (Lipinski definition) is 3. The average Bonchev–Trinajstić information content (AvgIpc) is 3.24. The predicted molar refractivity (Wildman–Crippen MR) is 111 cm³/mol. The van der Waals surface area contributed by atoms with Crippen LogP contribution in [0.15, 0.2) is 18.5 Å². The summed E-state index contributed by atoms with van der Waals surface area (Å²) < 4.78 is 7.80. The second-order valence-corrected chi connectivity index (χ2v) is 7.63. The van der Waals surface area contributed by atoms with Gasteiger partial charge in [-0.1, -0.05) is 13.8 Å². The van der Waals surface area contributed by atoms with E-state index in [1.54, 1.807) is 0 Å². The van der Waals surface area contributed by atoms with Crippen LogP contribution >= 0.6 is 0 Å². The molecule has 148 valence electrons. The van der Waals surface area contributed by atoms with Gasteiger partial charge >= 0.3 is 0 Å². The number of anilines is 2. The summed E-state index contributed by atoms with van der Waals surface area (Å²) in [4.78, 5) is 13.3. The third kappa shape index (κ3) is 3.60. The molecule has 1 aliphatic heterocycles. The lowest BCUT2D eigenvalue weighted by Gasteiger charge is -2.12. The Morgan fingerprint density at radius 1 is 1.32 bits per heavy atom. The summed E-state index contributed by atoms with van der Waals surface area (Å²) in [6, 6.07) is 4.23. The highest BCUT2D eigenvalue weighted by Gasteiger charge is 2.18. The molecule has 3 heterocycles. The molecular formula is C20H27N7O. The van der Waals surface area contributed by atoms with Crippen LogP contribution in [0.5, 0.6) is 5.75 Å². The third-order valence-electron chi connectivity index (χ3n) is 4.98. The molecule has 28 heavy (non-hydrogen) atoms. The maximum absolute atomic E-state index is 6.06. The number of aromatic nitrogens is 4. The van der Waals surface area contributed by atoms with Gasteiger partial charge in [-0.05, 0) is 42.6 Å². The largest absolute Gasteiger partial charge is 0.471 e. The van der Waals surface area contributed by atoms with Gasteiger partial charge in [0.2, 0.25) is 0 Å². The molecule has 0 aliphatic carbocycles. The summed E-state index contributed by atoms with van der Waals surface area (Å²) in [6.45, 7) is 9.63. The highest BCUT2D eigenvalue weighted by atomic mass is 16.5. The van der Waals surface area contributed by atoms with Crippen LogP contribution in [0.1, 0.15) is 30.8 Å². The van der Waals surface area contributed by atoms with Gasteiger partial charge in [0.05, 0.1) is 5.69 Å². The molecule has 3 aromatic rings. The van der Waals surface area contributed by atoms with E-state index in [0.29, 0.717) is 30.4 Å². The molecule has 4 N–H and O–H groups in total. The number of rotatable bonds is 7. The van der Waals surface area contributed by atoms with E-state index in [0.717, 1.165) is 42.5 Å². The Balaban J connectivity index is 1.66. The monoisotopic (exact) mass is 381 g/mol. The van der Waals surface area contributed by atoms with Gasteiger partial charge in [-0.15, -0.1) is 0 Å². The average molecular weight is 381 g/mol. The zero-order valence-corrected chi connectivity index (χ0v) is 16.6. The summed E-state index contributed by atoms with van der Waals surface area (Å²) in [5, 5.41) is 6.72. The number of imidazole rings is 1.